The average molecular weight is 416 g/mol. The second-order valence-corrected chi connectivity index (χ2v) is 6.78. The van der Waals surface area contributed by atoms with Crippen LogP contribution >= 0.6 is 0 Å². The molecule has 0 unspecified atom stereocenters. The van der Waals surface area contributed by atoms with Crippen molar-refractivity contribution < 1.29 is 28.6 Å². The minimum absolute atomic E-state index is 0.282. The van der Waals surface area contributed by atoms with Crippen molar-refractivity contribution in [3.63, 3.8) is 0 Å². The molecule has 8 heteroatoms. The molecule has 0 bridgehead atoms. The van der Waals surface area contributed by atoms with Crippen LogP contribution in [-0.4, -0.2) is 56.2 Å². The molecule has 0 saturated heterocycles. The quantitative estimate of drug-likeness (QED) is 0.343. The molecule has 0 radical (unpaired) electrons. The highest BCUT2D eigenvalue weighted by Gasteiger charge is 2.17. The normalized spacial score (nSPS) is 10.5. The Morgan fingerprint density at radius 1 is 1.07 bits per heavy atom. The summed E-state index contributed by atoms with van der Waals surface area (Å²) in [7, 11) is 3.18. The SMILES string of the molecule is COCCCn1c(C)cc(C(=O)COC(=O)CNC(=O)c2ccc(OC)cc2)c1C. The van der Waals surface area contributed by atoms with Gasteiger partial charge in [-0.15, -0.1) is 0 Å². The predicted molar refractivity (Wildman–Crippen MR) is 111 cm³/mol. The molecule has 0 saturated carbocycles. The summed E-state index contributed by atoms with van der Waals surface area (Å²) < 4.78 is 17.2. The molecular weight excluding hydrogens is 388 g/mol. The van der Waals surface area contributed by atoms with Crippen molar-refractivity contribution in [2.45, 2.75) is 26.8 Å². The molecule has 2 aromatic rings. The first-order chi connectivity index (χ1) is 14.4. The van der Waals surface area contributed by atoms with E-state index in [-0.39, 0.29) is 18.9 Å². The number of ether oxygens (including phenoxy) is 3. The predicted octanol–water partition coefficient (Wildman–Crippen LogP) is 2.31. The molecule has 8 nitrogen and oxygen atoms in total. The summed E-state index contributed by atoms with van der Waals surface area (Å²) in [6, 6.07) is 8.27. The number of ketones is 1. The topological polar surface area (TPSA) is 95.9 Å². The highest BCUT2D eigenvalue weighted by molar-refractivity contribution is 6.00. The van der Waals surface area contributed by atoms with Crippen molar-refractivity contribution in [3.05, 3.63) is 52.8 Å². The lowest BCUT2D eigenvalue weighted by Gasteiger charge is -2.09. The number of carbonyl (C=O) groups excluding carboxylic acids is 3. The van der Waals surface area contributed by atoms with Crippen LogP contribution < -0.4 is 10.1 Å². The van der Waals surface area contributed by atoms with Gasteiger partial charge in [0.05, 0.1) is 7.11 Å². The maximum Gasteiger partial charge on any atom is 0.325 e. The molecule has 0 spiro atoms. The number of aromatic nitrogens is 1. The molecule has 0 aliphatic rings. The number of methoxy groups -OCH3 is 2. The van der Waals surface area contributed by atoms with E-state index in [1.165, 1.54) is 7.11 Å². The largest absolute Gasteiger partial charge is 0.497 e. The molecule has 30 heavy (non-hydrogen) atoms. The molecular formula is C22H28N2O6. The number of nitrogens with zero attached hydrogens (tertiary/aromatic N) is 1. The first-order valence-corrected chi connectivity index (χ1v) is 9.64. The Morgan fingerprint density at radius 2 is 1.77 bits per heavy atom. The third kappa shape index (κ3) is 6.18. The van der Waals surface area contributed by atoms with Gasteiger partial charge in [-0.25, -0.2) is 0 Å². The van der Waals surface area contributed by atoms with E-state index >= 15 is 0 Å². The summed E-state index contributed by atoms with van der Waals surface area (Å²) >= 11 is 0. The zero-order chi connectivity index (χ0) is 22.1. The lowest BCUT2D eigenvalue weighted by molar-refractivity contribution is -0.141. The van der Waals surface area contributed by atoms with E-state index in [1.54, 1.807) is 37.4 Å². The molecule has 1 aromatic heterocycles. The van der Waals surface area contributed by atoms with Crippen molar-refractivity contribution in [1.29, 1.82) is 0 Å². The Hall–Kier alpha value is -3.13. The molecule has 1 aromatic carbocycles. The Bertz CT molecular complexity index is 886. The van der Waals surface area contributed by atoms with E-state index < -0.39 is 11.9 Å². The fourth-order valence-electron chi connectivity index (χ4n) is 3.07. The summed E-state index contributed by atoms with van der Waals surface area (Å²) in [6.45, 7) is 4.48. The van der Waals surface area contributed by atoms with Crippen molar-refractivity contribution >= 4 is 17.7 Å². The highest BCUT2D eigenvalue weighted by Crippen LogP contribution is 2.16. The van der Waals surface area contributed by atoms with E-state index in [9.17, 15) is 14.4 Å². The monoisotopic (exact) mass is 416 g/mol. The first-order valence-electron chi connectivity index (χ1n) is 9.64. The van der Waals surface area contributed by atoms with Crippen LogP contribution in [0.25, 0.3) is 0 Å². The van der Waals surface area contributed by atoms with Gasteiger partial charge in [-0.2, -0.15) is 0 Å². The minimum Gasteiger partial charge on any atom is -0.497 e. The van der Waals surface area contributed by atoms with Crippen LogP contribution in [-0.2, 0) is 20.8 Å². The Morgan fingerprint density at radius 3 is 2.40 bits per heavy atom. The van der Waals surface area contributed by atoms with Gasteiger partial charge in [-0.05, 0) is 50.6 Å². The van der Waals surface area contributed by atoms with Crippen molar-refractivity contribution in [2.24, 2.45) is 0 Å². The number of esters is 1. The first kappa shape index (κ1) is 23.2. The van der Waals surface area contributed by atoms with Crippen LogP contribution in [0, 0.1) is 13.8 Å². The van der Waals surface area contributed by atoms with Gasteiger partial charge >= 0.3 is 5.97 Å². The van der Waals surface area contributed by atoms with Crippen LogP contribution in [0.4, 0.5) is 0 Å². The fraction of sp³-hybridized carbons (Fsp3) is 0.409. The maximum atomic E-state index is 12.5. The number of benzene rings is 1. The number of carbonyl (C=O) groups is 3. The number of rotatable bonds is 11. The molecule has 0 aliphatic heterocycles. The molecule has 1 amide bonds. The molecule has 1 heterocycles. The smallest absolute Gasteiger partial charge is 0.325 e. The van der Waals surface area contributed by atoms with Gasteiger partial charge in [0.2, 0.25) is 5.78 Å². The third-order valence-corrected chi connectivity index (χ3v) is 4.71. The highest BCUT2D eigenvalue weighted by atomic mass is 16.5. The van der Waals surface area contributed by atoms with E-state index in [2.05, 4.69) is 5.32 Å². The summed E-state index contributed by atoms with van der Waals surface area (Å²) in [6.07, 6.45) is 0.837. The van der Waals surface area contributed by atoms with Crippen molar-refractivity contribution in [1.82, 2.24) is 9.88 Å². The number of amides is 1. The number of hydrogen-bond donors (Lipinski definition) is 1. The third-order valence-electron chi connectivity index (χ3n) is 4.71. The maximum absolute atomic E-state index is 12.5. The molecule has 0 aliphatic carbocycles. The van der Waals surface area contributed by atoms with Gasteiger partial charge in [0.15, 0.2) is 6.61 Å². The molecule has 0 fully saturated rings. The summed E-state index contributed by atoms with van der Waals surface area (Å²) in [5.74, 6) is -0.752. The van der Waals surface area contributed by atoms with Crippen LogP contribution in [0.15, 0.2) is 30.3 Å². The summed E-state index contributed by atoms with van der Waals surface area (Å²) in [4.78, 5) is 36.5. The lowest BCUT2D eigenvalue weighted by Crippen LogP contribution is -2.31. The second kappa shape index (κ2) is 11.2. The van der Waals surface area contributed by atoms with Gasteiger partial charge in [0, 0.05) is 42.8 Å². The van der Waals surface area contributed by atoms with Gasteiger partial charge in [-0.3, -0.25) is 14.4 Å². The van der Waals surface area contributed by atoms with Crippen molar-refractivity contribution in [3.8, 4) is 5.75 Å². The van der Waals surface area contributed by atoms with Crippen LogP contribution in [0.5, 0.6) is 5.75 Å². The lowest BCUT2D eigenvalue weighted by atomic mass is 10.1. The van der Waals surface area contributed by atoms with Crippen LogP contribution in [0.2, 0.25) is 0 Å². The Balaban J connectivity index is 1.83. The molecule has 162 valence electrons. The minimum atomic E-state index is -0.681. The molecule has 2 rings (SSSR count). The molecule has 1 N–H and O–H groups in total. The average Bonchev–Trinajstić information content (AvgIpc) is 3.04. The van der Waals surface area contributed by atoms with Gasteiger partial charge in [0.1, 0.15) is 12.3 Å². The van der Waals surface area contributed by atoms with E-state index in [0.29, 0.717) is 23.5 Å². The van der Waals surface area contributed by atoms with Gasteiger partial charge in [0.25, 0.3) is 5.91 Å². The standard InChI is InChI=1S/C22H28N2O6/c1-15-12-19(16(2)24(15)10-5-11-28-3)20(25)14-30-21(26)13-23-22(27)17-6-8-18(29-4)9-7-17/h6-9,12H,5,10-11,13-14H2,1-4H3,(H,23,27). The van der Waals surface area contributed by atoms with Gasteiger partial charge in [-0.1, -0.05) is 0 Å². The Kier molecular flexibility index (Phi) is 8.61. The van der Waals surface area contributed by atoms with E-state index in [1.807, 2.05) is 18.4 Å². The fourth-order valence-corrected chi connectivity index (χ4v) is 3.07. The van der Waals surface area contributed by atoms with Gasteiger partial charge < -0.3 is 24.1 Å². The molecule has 0 atom stereocenters. The summed E-state index contributed by atoms with van der Waals surface area (Å²) in [5.41, 5.74) is 2.71. The van der Waals surface area contributed by atoms with Crippen LogP contribution in [0.1, 0.15) is 38.5 Å². The zero-order valence-corrected chi connectivity index (χ0v) is 17.8. The van der Waals surface area contributed by atoms with E-state index in [0.717, 1.165) is 24.4 Å². The Labute approximate surface area is 176 Å². The second-order valence-electron chi connectivity index (χ2n) is 6.78. The van der Waals surface area contributed by atoms with E-state index in [4.69, 9.17) is 14.2 Å². The number of hydrogen-bond acceptors (Lipinski definition) is 6. The zero-order valence-electron chi connectivity index (χ0n) is 17.8. The number of nitrogens with one attached hydrogen (secondary N) is 1. The van der Waals surface area contributed by atoms with Crippen molar-refractivity contribution in [2.75, 3.05) is 34.0 Å². The number of aryl methyl sites for hydroxylation is 1. The number of Topliss-reactive ketones (excluding diaryl/α,β-unsaturated/α-hetero) is 1. The summed E-state index contributed by atoms with van der Waals surface area (Å²) in [5, 5.41) is 2.47. The van der Waals surface area contributed by atoms with Crippen LogP contribution in [0.3, 0.4) is 0 Å².